The number of hydrogen-bond acceptors (Lipinski definition) is 3. The number of benzene rings is 2. The second-order valence-electron chi connectivity index (χ2n) is 5.17. The minimum absolute atomic E-state index is 0.0593. The molecular weight excluding hydrogens is 352 g/mol. The van der Waals surface area contributed by atoms with Gasteiger partial charge in [-0.1, -0.05) is 23.7 Å². The van der Waals surface area contributed by atoms with Crippen molar-refractivity contribution in [1.82, 2.24) is 5.32 Å². The van der Waals surface area contributed by atoms with Crippen LogP contribution in [0.3, 0.4) is 0 Å². The summed E-state index contributed by atoms with van der Waals surface area (Å²) in [7, 11) is -3.18. The first-order valence-electron chi connectivity index (χ1n) is 6.89. The molecule has 0 fully saturated rings. The summed E-state index contributed by atoms with van der Waals surface area (Å²) < 4.78 is 22.9. The molecule has 0 saturated heterocycles. The topological polar surface area (TPSA) is 58.2 Å². The highest BCUT2D eigenvalue weighted by atomic mass is 35.5. The van der Waals surface area contributed by atoms with Gasteiger partial charge in [-0.25, -0.2) is 8.42 Å². The largest absolute Gasteiger partial charge is 0.356 e. The molecule has 0 aromatic heterocycles. The molecule has 2 aromatic carbocycles. The van der Waals surface area contributed by atoms with Gasteiger partial charge in [0.15, 0.2) is 14.9 Å². The van der Waals surface area contributed by atoms with Gasteiger partial charge in [0.2, 0.25) is 0 Å². The van der Waals surface area contributed by atoms with Gasteiger partial charge in [0.25, 0.3) is 0 Å². The Morgan fingerprint density at radius 3 is 2.17 bits per heavy atom. The highest BCUT2D eigenvalue weighted by Crippen LogP contribution is 2.17. The van der Waals surface area contributed by atoms with Crippen LogP contribution in [0.5, 0.6) is 0 Å². The highest BCUT2D eigenvalue weighted by molar-refractivity contribution is 7.90. The summed E-state index contributed by atoms with van der Waals surface area (Å²) in [6, 6.07) is 13.9. The lowest BCUT2D eigenvalue weighted by Crippen LogP contribution is -2.30. The van der Waals surface area contributed by atoms with Gasteiger partial charge < -0.3 is 10.6 Å². The van der Waals surface area contributed by atoms with Crippen LogP contribution in [-0.2, 0) is 9.84 Å². The van der Waals surface area contributed by atoms with Crippen molar-refractivity contribution in [3.63, 3.8) is 0 Å². The first kappa shape index (κ1) is 17.7. The number of halogens is 1. The zero-order chi connectivity index (χ0) is 17.0. The average Bonchev–Trinajstić information content (AvgIpc) is 2.49. The molecule has 2 aromatic rings. The smallest absolute Gasteiger partial charge is 0.175 e. The Morgan fingerprint density at radius 2 is 1.65 bits per heavy atom. The van der Waals surface area contributed by atoms with E-state index in [1.165, 1.54) is 6.26 Å². The fourth-order valence-electron chi connectivity index (χ4n) is 1.98. The lowest BCUT2D eigenvalue weighted by Gasteiger charge is -2.17. The number of hydrogen-bond donors (Lipinski definition) is 2. The van der Waals surface area contributed by atoms with Gasteiger partial charge in [-0.15, -0.1) is 0 Å². The first-order chi connectivity index (χ1) is 10.8. The standard InChI is InChI=1S/C16H17ClN2O2S2/c1-11(12-3-9-15(10-4-12)23(2,20)21)18-16(22)19-14-7-5-13(17)6-8-14/h3-11H,1-2H3,(H2,18,19,22). The molecule has 2 rings (SSSR count). The van der Waals surface area contributed by atoms with Gasteiger partial charge in [-0.2, -0.15) is 0 Å². The van der Waals surface area contributed by atoms with Crippen LogP contribution in [0.25, 0.3) is 0 Å². The molecule has 2 N–H and O–H groups in total. The number of thiocarbonyl (C=S) groups is 1. The van der Waals surface area contributed by atoms with Gasteiger partial charge in [-0.05, 0) is 61.1 Å². The predicted octanol–water partition coefficient (Wildman–Crippen LogP) is 3.79. The summed E-state index contributed by atoms with van der Waals surface area (Å²) in [5.41, 5.74) is 1.78. The quantitative estimate of drug-likeness (QED) is 0.804. The summed E-state index contributed by atoms with van der Waals surface area (Å²) in [6.45, 7) is 1.95. The Morgan fingerprint density at radius 1 is 1.09 bits per heavy atom. The van der Waals surface area contributed by atoms with Gasteiger partial charge in [-0.3, -0.25) is 0 Å². The SMILES string of the molecule is CC(NC(=S)Nc1ccc(Cl)cc1)c1ccc(S(C)(=O)=O)cc1. The normalized spacial score (nSPS) is 12.5. The molecule has 0 heterocycles. The molecule has 0 aliphatic heterocycles. The maximum Gasteiger partial charge on any atom is 0.175 e. The zero-order valence-corrected chi connectivity index (χ0v) is 15.1. The third-order valence-electron chi connectivity index (χ3n) is 3.26. The molecular formula is C16H17ClN2O2S2. The van der Waals surface area contributed by atoms with Gasteiger partial charge in [0.1, 0.15) is 0 Å². The van der Waals surface area contributed by atoms with Crippen LogP contribution in [0.15, 0.2) is 53.4 Å². The van der Waals surface area contributed by atoms with Crippen LogP contribution in [0.2, 0.25) is 5.02 Å². The minimum atomic E-state index is -3.18. The molecule has 0 bridgehead atoms. The van der Waals surface area contributed by atoms with E-state index in [1.54, 1.807) is 36.4 Å². The molecule has 1 unspecified atom stereocenters. The predicted molar refractivity (Wildman–Crippen MR) is 98.8 cm³/mol. The van der Waals surface area contributed by atoms with Crippen molar-refractivity contribution in [2.24, 2.45) is 0 Å². The Kier molecular flexibility index (Phi) is 5.62. The van der Waals surface area contributed by atoms with Gasteiger partial charge in [0, 0.05) is 17.0 Å². The van der Waals surface area contributed by atoms with Crippen LogP contribution < -0.4 is 10.6 Å². The summed E-state index contributed by atoms with van der Waals surface area (Å²) >= 11 is 11.1. The third-order valence-corrected chi connectivity index (χ3v) is 4.86. The first-order valence-corrected chi connectivity index (χ1v) is 9.56. The molecule has 7 heteroatoms. The molecule has 0 aliphatic carbocycles. The Balaban J connectivity index is 1.99. The lowest BCUT2D eigenvalue weighted by atomic mass is 10.1. The van der Waals surface area contributed by atoms with Crippen LogP contribution in [0.1, 0.15) is 18.5 Å². The van der Waals surface area contributed by atoms with Crippen molar-refractivity contribution in [3.8, 4) is 0 Å². The molecule has 0 aliphatic rings. The van der Waals surface area contributed by atoms with Crippen LogP contribution >= 0.6 is 23.8 Å². The van der Waals surface area contributed by atoms with Gasteiger partial charge >= 0.3 is 0 Å². The minimum Gasteiger partial charge on any atom is -0.356 e. The van der Waals surface area contributed by atoms with E-state index in [0.717, 1.165) is 11.3 Å². The van der Waals surface area contributed by atoms with Crippen LogP contribution in [-0.4, -0.2) is 19.8 Å². The average molecular weight is 369 g/mol. The van der Waals surface area contributed by atoms with Crippen molar-refractivity contribution in [2.75, 3.05) is 11.6 Å². The number of anilines is 1. The maximum atomic E-state index is 11.5. The molecule has 0 spiro atoms. The fraction of sp³-hybridized carbons (Fsp3) is 0.188. The molecule has 23 heavy (non-hydrogen) atoms. The molecule has 0 amide bonds. The van der Waals surface area contributed by atoms with E-state index >= 15 is 0 Å². The summed E-state index contributed by atoms with van der Waals surface area (Å²) in [5.74, 6) is 0. The van der Waals surface area contributed by atoms with Crippen molar-refractivity contribution in [2.45, 2.75) is 17.9 Å². The Bertz CT molecular complexity index is 788. The number of nitrogens with one attached hydrogen (secondary N) is 2. The van der Waals surface area contributed by atoms with E-state index < -0.39 is 9.84 Å². The number of sulfone groups is 1. The second-order valence-corrected chi connectivity index (χ2v) is 8.03. The second kappa shape index (κ2) is 7.29. The lowest BCUT2D eigenvalue weighted by molar-refractivity contribution is 0.601. The van der Waals surface area contributed by atoms with E-state index in [4.69, 9.17) is 23.8 Å². The molecule has 0 saturated carbocycles. The Hall–Kier alpha value is -1.63. The fourth-order valence-corrected chi connectivity index (χ4v) is 3.04. The molecule has 0 radical (unpaired) electrons. The van der Waals surface area contributed by atoms with Gasteiger partial charge in [0.05, 0.1) is 10.9 Å². The van der Waals surface area contributed by atoms with Crippen molar-refractivity contribution >= 4 is 44.5 Å². The van der Waals surface area contributed by atoms with E-state index in [-0.39, 0.29) is 6.04 Å². The molecule has 4 nitrogen and oxygen atoms in total. The molecule has 122 valence electrons. The summed E-state index contributed by atoms with van der Waals surface area (Å²) in [4.78, 5) is 0.301. The molecule has 1 atom stereocenters. The third kappa shape index (κ3) is 5.20. The summed E-state index contributed by atoms with van der Waals surface area (Å²) in [6.07, 6.45) is 1.19. The highest BCUT2D eigenvalue weighted by Gasteiger charge is 2.10. The van der Waals surface area contributed by atoms with Crippen molar-refractivity contribution in [3.05, 3.63) is 59.1 Å². The van der Waals surface area contributed by atoms with E-state index in [0.29, 0.717) is 15.0 Å². The maximum absolute atomic E-state index is 11.5. The monoisotopic (exact) mass is 368 g/mol. The Labute approximate surface area is 146 Å². The summed E-state index contributed by atoms with van der Waals surface area (Å²) in [5, 5.41) is 7.37. The van der Waals surface area contributed by atoms with Crippen LogP contribution in [0.4, 0.5) is 5.69 Å². The zero-order valence-electron chi connectivity index (χ0n) is 12.7. The van der Waals surface area contributed by atoms with Crippen LogP contribution in [0, 0.1) is 0 Å². The van der Waals surface area contributed by atoms with E-state index in [1.807, 2.05) is 19.1 Å². The van der Waals surface area contributed by atoms with E-state index in [9.17, 15) is 8.42 Å². The van der Waals surface area contributed by atoms with Crippen molar-refractivity contribution in [1.29, 1.82) is 0 Å². The number of rotatable bonds is 4. The van der Waals surface area contributed by atoms with Crippen molar-refractivity contribution < 1.29 is 8.42 Å². The van der Waals surface area contributed by atoms with E-state index in [2.05, 4.69) is 10.6 Å².